The van der Waals surface area contributed by atoms with Crippen molar-refractivity contribution in [2.75, 3.05) is 6.61 Å². The van der Waals surface area contributed by atoms with Gasteiger partial charge in [-0.15, -0.1) is 0 Å². The molecule has 1 aromatic carbocycles. The third-order valence-corrected chi connectivity index (χ3v) is 2.46. The monoisotopic (exact) mass is 206 g/mol. The van der Waals surface area contributed by atoms with E-state index >= 15 is 0 Å². The van der Waals surface area contributed by atoms with Crippen molar-refractivity contribution in [1.29, 1.82) is 0 Å². The molecular weight excluding hydrogens is 188 g/mol. The van der Waals surface area contributed by atoms with Crippen LogP contribution in [0.1, 0.15) is 38.2 Å². The number of rotatable bonds is 5. The average molecular weight is 206 g/mol. The lowest BCUT2D eigenvalue weighted by molar-refractivity contribution is -0.143. The number of esters is 1. The first-order valence-electron chi connectivity index (χ1n) is 5.44. The minimum absolute atomic E-state index is 0.0970. The molecule has 0 bridgehead atoms. The van der Waals surface area contributed by atoms with Crippen molar-refractivity contribution in [3.05, 3.63) is 35.9 Å². The Morgan fingerprint density at radius 2 is 2.00 bits per heavy atom. The highest BCUT2D eigenvalue weighted by molar-refractivity contribution is 5.69. The van der Waals surface area contributed by atoms with Gasteiger partial charge in [-0.1, -0.05) is 37.3 Å². The Kier molecular flexibility index (Phi) is 4.88. The van der Waals surface area contributed by atoms with Crippen LogP contribution in [-0.2, 0) is 9.53 Å². The summed E-state index contributed by atoms with van der Waals surface area (Å²) in [6.45, 7) is 4.44. The summed E-state index contributed by atoms with van der Waals surface area (Å²) in [5, 5.41) is 0. The number of ether oxygens (including phenoxy) is 1. The van der Waals surface area contributed by atoms with Gasteiger partial charge in [0.1, 0.15) is 0 Å². The zero-order valence-corrected chi connectivity index (χ0v) is 9.40. The highest BCUT2D eigenvalue weighted by Gasteiger charge is 2.08. The van der Waals surface area contributed by atoms with Crippen LogP contribution >= 0.6 is 0 Å². The number of hydrogen-bond donors (Lipinski definition) is 0. The van der Waals surface area contributed by atoms with Gasteiger partial charge in [0.2, 0.25) is 0 Å². The Hall–Kier alpha value is -1.31. The molecule has 0 aliphatic heterocycles. The Labute approximate surface area is 91.3 Å². The molecular formula is C13H18O2. The van der Waals surface area contributed by atoms with Crippen molar-refractivity contribution in [1.82, 2.24) is 0 Å². The molecule has 0 aromatic heterocycles. The van der Waals surface area contributed by atoms with Gasteiger partial charge >= 0.3 is 5.97 Å². The predicted octanol–water partition coefficient (Wildman–Crippen LogP) is 3.13. The quantitative estimate of drug-likeness (QED) is 0.692. The molecule has 1 atom stereocenters. The first-order valence-corrected chi connectivity index (χ1v) is 5.44. The Morgan fingerprint density at radius 3 is 2.60 bits per heavy atom. The van der Waals surface area contributed by atoms with Crippen molar-refractivity contribution >= 4 is 5.97 Å². The van der Waals surface area contributed by atoms with E-state index in [1.165, 1.54) is 5.56 Å². The van der Waals surface area contributed by atoms with Gasteiger partial charge in [0.25, 0.3) is 0 Å². The summed E-state index contributed by atoms with van der Waals surface area (Å²) in [4.78, 5) is 11.2. The summed E-state index contributed by atoms with van der Waals surface area (Å²) in [7, 11) is 0. The van der Waals surface area contributed by atoms with Crippen LogP contribution in [0.3, 0.4) is 0 Å². The average Bonchev–Trinajstić information content (AvgIpc) is 2.27. The fourth-order valence-electron chi connectivity index (χ4n) is 1.52. The third kappa shape index (κ3) is 4.15. The van der Waals surface area contributed by atoms with Gasteiger partial charge in [0, 0.05) is 6.42 Å². The molecule has 0 fully saturated rings. The standard InChI is InChI=1S/C13H18O2/c1-3-15-13(14)10-9-11(2)12-7-5-4-6-8-12/h4-8,11H,3,9-10H2,1-2H3. The summed E-state index contributed by atoms with van der Waals surface area (Å²) >= 11 is 0. The lowest BCUT2D eigenvalue weighted by Crippen LogP contribution is -2.05. The van der Waals surface area contributed by atoms with E-state index < -0.39 is 0 Å². The Bertz CT molecular complexity index is 293. The molecule has 0 saturated carbocycles. The van der Waals surface area contributed by atoms with E-state index in [2.05, 4.69) is 19.1 Å². The van der Waals surface area contributed by atoms with E-state index in [-0.39, 0.29) is 5.97 Å². The fourth-order valence-corrected chi connectivity index (χ4v) is 1.52. The molecule has 2 nitrogen and oxygen atoms in total. The molecule has 15 heavy (non-hydrogen) atoms. The van der Waals surface area contributed by atoms with E-state index in [0.29, 0.717) is 18.9 Å². The molecule has 0 heterocycles. The lowest BCUT2D eigenvalue weighted by Gasteiger charge is -2.10. The minimum atomic E-state index is -0.0970. The van der Waals surface area contributed by atoms with Crippen molar-refractivity contribution in [2.45, 2.75) is 32.6 Å². The Balaban J connectivity index is 2.37. The van der Waals surface area contributed by atoms with Crippen molar-refractivity contribution in [3.63, 3.8) is 0 Å². The minimum Gasteiger partial charge on any atom is -0.466 e. The molecule has 1 aromatic rings. The molecule has 0 radical (unpaired) electrons. The van der Waals surface area contributed by atoms with Crippen molar-refractivity contribution in [2.24, 2.45) is 0 Å². The third-order valence-electron chi connectivity index (χ3n) is 2.46. The first kappa shape index (κ1) is 11.8. The van der Waals surface area contributed by atoms with Gasteiger partial charge in [0.15, 0.2) is 0 Å². The van der Waals surface area contributed by atoms with E-state index in [9.17, 15) is 4.79 Å². The molecule has 0 amide bonds. The van der Waals surface area contributed by atoms with Crippen LogP contribution in [0, 0.1) is 0 Å². The Morgan fingerprint density at radius 1 is 1.33 bits per heavy atom. The zero-order chi connectivity index (χ0) is 11.1. The maximum atomic E-state index is 11.2. The van der Waals surface area contributed by atoms with E-state index in [1.54, 1.807) is 0 Å². The zero-order valence-electron chi connectivity index (χ0n) is 9.40. The van der Waals surface area contributed by atoms with Crippen molar-refractivity contribution < 1.29 is 9.53 Å². The van der Waals surface area contributed by atoms with E-state index in [4.69, 9.17) is 4.74 Å². The van der Waals surface area contributed by atoms with Gasteiger partial charge in [-0.3, -0.25) is 4.79 Å². The summed E-state index contributed by atoms with van der Waals surface area (Å²) in [5.41, 5.74) is 1.28. The van der Waals surface area contributed by atoms with Crippen LogP contribution < -0.4 is 0 Å². The lowest BCUT2D eigenvalue weighted by atomic mass is 9.96. The largest absolute Gasteiger partial charge is 0.466 e. The number of carbonyl (C=O) groups excluding carboxylic acids is 1. The maximum Gasteiger partial charge on any atom is 0.305 e. The number of hydrogen-bond acceptors (Lipinski definition) is 2. The molecule has 1 rings (SSSR count). The van der Waals surface area contributed by atoms with Gasteiger partial charge in [0.05, 0.1) is 6.61 Å². The molecule has 82 valence electrons. The van der Waals surface area contributed by atoms with Crippen molar-refractivity contribution in [3.8, 4) is 0 Å². The molecule has 0 N–H and O–H groups in total. The van der Waals surface area contributed by atoms with Crippen LogP contribution in [0.5, 0.6) is 0 Å². The summed E-state index contributed by atoms with van der Waals surface area (Å²) in [5.74, 6) is 0.316. The van der Waals surface area contributed by atoms with Gasteiger partial charge in [-0.2, -0.15) is 0 Å². The van der Waals surface area contributed by atoms with Gasteiger partial charge in [-0.25, -0.2) is 0 Å². The fraction of sp³-hybridized carbons (Fsp3) is 0.462. The summed E-state index contributed by atoms with van der Waals surface area (Å²) in [6.07, 6.45) is 1.35. The maximum absolute atomic E-state index is 11.2. The SMILES string of the molecule is CCOC(=O)CCC(C)c1ccccc1. The summed E-state index contributed by atoms with van der Waals surface area (Å²) < 4.78 is 4.89. The second-order valence-corrected chi connectivity index (χ2v) is 3.66. The highest BCUT2D eigenvalue weighted by Crippen LogP contribution is 2.20. The van der Waals surface area contributed by atoms with Crippen LogP contribution in [-0.4, -0.2) is 12.6 Å². The number of benzene rings is 1. The second-order valence-electron chi connectivity index (χ2n) is 3.66. The predicted molar refractivity (Wildman–Crippen MR) is 60.7 cm³/mol. The smallest absolute Gasteiger partial charge is 0.305 e. The van der Waals surface area contributed by atoms with Crippen LogP contribution in [0.2, 0.25) is 0 Å². The summed E-state index contributed by atoms with van der Waals surface area (Å²) in [6, 6.07) is 10.2. The van der Waals surface area contributed by atoms with Crippen LogP contribution in [0.4, 0.5) is 0 Å². The number of carbonyl (C=O) groups is 1. The molecule has 0 spiro atoms. The highest BCUT2D eigenvalue weighted by atomic mass is 16.5. The van der Waals surface area contributed by atoms with Crippen LogP contribution in [0.25, 0.3) is 0 Å². The first-order chi connectivity index (χ1) is 7.24. The van der Waals surface area contributed by atoms with Gasteiger partial charge < -0.3 is 4.74 Å². The molecule has 0 aliphatic rings. The normalized spacial score (nSPS) is 12.1. The topological polar surface area (TPSA) is 26.3 Å². The molecule has 0 saturated heterocycles. The molecule has 2 heteroatoms. The van der Waals surface area contributed by atoms with E-state index in [0.717, 1.165) is 6.42 Å². The molecule has 0 aliphatic carbocycles. The second kappa shape index (κ2) is 6.23. The van der Waals surface area contributed by atoms with Crippen LogP contribution in [0.15, 0.2) is 30.3 Å². The molecule has 1 unspecified atom stereocenters. The van der Waals surface area contributed by atoms with E-state index in [1.807, 2.05) is 25.1 Å². The van der Waals surface area contributed by atoms with Gasteiger partial charge in [-0.05, 0) is 24.8 Å².